The summed E-state index contributed by atoms with van der Waals surface area (Å²) in [6, 6.07) is 4.15. The number of benzene rings is 1. The number of carbonyl (C=O) groups excluding carboxylic acids is 1. The lowest BCUT2D eigenvalue weighted by Crippen LogP contribution is -2.30. The van der Waals surface area contributed by atoms with E-state index in [0.29, 0.717) is 11.0 Å². The quantitative estimate of drug-likeness (QED) is 0.906. The molecular weight excluding hydrogens is 317 g/mol. The van der Waals surface area contributed by atoms with Crippen LogP contribution in [0.2, 0.25) is 0 Å². The van der Waals surface area contributed by atoms with E-state index >= 15 is 0 Å². The Bertz CT molecular complexity index is 535. The van der Waals surface area contributed by atoms with Crippen molar-refractivity contribution in [2.45, 2.75) is 6.92 Å². The largest absolute Gasteiger partial charge is 0.481 e. The number of hydrogen-bond acceptors (Lipinski definition) is 2. The minimum absolute atomic E-state index is 0.0956. The van der Waals surface area contributed by atoms with Gasteiger partial charge in [0.05, 0.1) is 10.4 Å². The molecule has 0 unspecified atom stereocenters. The van der Waals surface area contributed by atoms with Gasteiger partial charge < -0.3 is 10.0 Å². The SMILES string of the molecule is C[C@@H]1CN(C(=O)c2ccc(Br)c(F)c2)C[C@H]1C(=O)O. The van der Waals surface area contributed by atoms with Crippen LogP contribution in [0.4, 0.5) is 4.39 Å². The number of halogens is 2. The summed E-state index contributed by atoms with van der Waals surface area (Å²) in [6.45, 7) is 2.36. The molecule has 0 spiro atoms. The highest BCUT2D eigenvalue weighted by Gasteiger charge is 2.37. The second-order valence-electron chi connectivity index (χ2n) is 4.76. The van der Waals surface area contributed by atoms with Crippen LogP contribution < -0.4 is 0 Å². The third kappa shape index (κ3) is 2.78. The van der Waals surface area contributed by atoms with Crippen molar-refractivity contribution in [2.75, 3.05) is 13.1 Å². The van der Waals surface area contributed by atoms with Crippen LogP contribution in [0.25, 0.3) is 0 Å². The van der Waals surface area contributed by atoms with E-state index in [4.69, 9.17) is 5.11 Å². The van der Waals surface area contributed by atoms with Gasteiger partial charge in [-0.1, -0.05) is 6.92 Å². The summed E-state index contributed by atoms with van der Waals surface area (Å²) in [6.07, 6.45) is 0. The number of aliphatic carboxylic acids is 1. The fourth-order valence-electron chi connectivity index (χ4n) is 2.27. The number of rotatable bonds is 2. The maximum Gasteiger partial charge on any atom is 0.308 e. The number of carboxylic acid groups (broad SMARTS) is 1. The first-order valence-electron chi connectivity index (χ1n) is 5.87. The first kappa shape index (κ1) is 14.0. The van der Waals surface area contributed by atoms with Crippen LogP contribution in [-0.2, 0) is 4.79 Å². The van der Waals surface area contributed by atoms with Gasteiger partial charge in [-0.3, -0.25) is 9.59 Å². The van der Waals surface area contributed by atoms with Crippen molar-refractivity contribution in [1.29, 1.82) is 0 Å². The van der Waals surface area contributed by atoms with Crippen LogP contribution in [0, 0.1) is 17.7 Å². The second-order valence-corrected chi connectivity index (χ2v) is 5.62. The average Bonchev–Trinajstić information content (AvgIpc) is 2.74. The molecule has 0 radical (unpaired) electrons. The van der Waals surface area contributed by atoms with Crippen LogP contribution in [-0.4, -0.2) is 35.0 Å². The Morgan fingerprint density at radius 1 is 1.42 bits per heavy atom. The second kappa shape index (κ2) is 5.28. The van der Waals surface area contributed by atoms with Crippen LogP contribution in [0.15, 0.2) is 22.7 Å². The topological polar surface area (TPSA) is 57.6 Å². The third-order valence-electron chi connectivity index (χ3n) is 3.38. The number of likely N-dealkylation sites (tertiary alicyclic amines) is 1. The summed E-state index contributed by atoms with van der Waals surface area (Å²) in [7, 11) is 0. The van der Waals surface area contributed by atoms with Crippen molar-refractivity contribution < 1.29 is 19.1 Å². The molecule has 1 N–H and O–H groups in total. The molecule has 102 valence electrons. The predicted octanol–water partition coefficient (Wildman–Crippen LogP) is 2.38. The van der Waals surface area contributed by atoms with Gasteiger partial charge in [0.1, 0.15) is 5.82 Å². The van der Waals surface area contributed by atoms with Gasteiger partial charge in [-0.15, -0.1) is 0 Å². The van der Waals surface area contributed by atoms with Gasteiger partial charge in [0.15, 0.2) is 0 Å². The molecule has 0 aliphatic carbocycles. The Balaban J connectivity index is 2.17. The zero-order chi connectivity index (χ0) is 14.2. The monoisotopic (exact) mass is 329 g/mol. The van der Waals surface area contributed by atoms with E-state index in [9.17, 15) is 14.0 Å². The van der Waals surface area contributed by atoms with Gasteiger partial charge >= 0.3 is 5.97 Å². The zero-order valence-corrected chi connectivity index (χ0v) is 11.9. The van der Waals surface area contributed by atoms with Crippen LogP contribution in [0.3, 0.4) is 0 Å². The molecule has 1 heterocycles. The van der Waals surface area contributed by atoms with E-state index in [-0.39, 0.29) is 23.9 Å². The molecule has 1 aliphatic rings. The Morgan fingerprint density at radius 3 is 2.63 bits per heavy atom. The molecule has 6 heteroatoms. The molecule has 1 aromatic carbocycles. The van der Waals surface area contributed by atoms with E-state index in [1.165, 1.54) is 17.0 Å². The average molecular weight is 330 g/mol. The van der Waals surface area contributed by atoms with E-state index in [1.54, 1.807) is 6.92 Å². The summed E-state index contributed by atoms with van der Waals surface area (Å²) >= 11 is 3.02. The molecule has 4 nitrogen and oxygen atoms in total. The lowest BCUT2D eigenvalue weighted by molar-refractivity contribution is -0.142. The first-order valence-corrected chi connectivity index (χ1v) is 6.66. The van der Waals surface area contributed by atoms with E-state index < -0.39 is 17.7 Å². The van der Waals surface area contributed by atoms with Crippen molar-refractivity contribution in [3.05, 3.63) is 34.1 Å². The molecule has 1 saturated heterocycles. The standard InChI is InChI=1S/C13H13BrFNO3/c1-7-5-16(6-9(7)13(18)19)12(17)8-2-3-10(14)11(15)4-8/h2-4,7,9H,5-6H2,1H3,(H,18,19)/t7-,9-/m1/s1. The molecule has 0 bridgehead atoms. The van der Waals surface area contributed by atoms with Gasteiger partial charge in [0.25, 0.3) is 5.91 Å². The molecule has 1 aliphatic heterocycles. The van der Waals surface area contributed by atoms with Gasteiger partial charge in [-0.2, -0.15) is 0 Å². The molecule has 19 heavy (non-hydrogen) atoms. The zero-order valence-electron chi connectivity index (χ0n) is 10.3. The lowest BCUT2D eigenvalue weighted by Gasteiger charge is -2.16. The maximum absolute atomic E-state index is 13.4. The maximum atomic E-state index is 13.4. The molecule has 1 fully saturated rings. The van der Waals surface area contributed by atoms with Crippen molar-refractivity contribution in [1.82, 2.24) is 4.90 Å². The van der Waals surface area contributed by atoms with E-state index in [0.717, 1.165) is 6.07 Å². The number of nitrogens with zero attached hydrogens (tertiary/aromatic N) is 1. The Kier molecular flexibility index (Phi) is 3.89. The highest BCUT2D eigenvalue weighted by Crippen LogP contribution is 2.25. The van der Waals surface area contributed by atoms with Gasteiger partial charge in [-0.25, -0.2) is 4.39 Å². The normalized spacial score (nSPS) is 22.6. The molecular formula is C13H13BrFNO3. The smallest absolute Gasteiger partial charge is 0.308 e. The van der Waals surface area contributed by atoms with Crippen molar-refractivity contribution >= 4 is 27.8 Å². The lowest BCUT2D eigenvalue weighted by atomic mass is 9.99. The highest BCUT2D eigenvalue weighted by molar-refractivity contribution is 9.10. The summed E-state index contributed by atoms with van der Waals surface area (Å²) in [5.74, 6) is -2.38. The molecule has 1 aromatic rings. The molecule has 1 amide bonds. The van der Waals surface area contributed by atoms with E-state index in [2.05, 4.69) is 15.9 Å². The molecule has 2 atom stereocenters. The van der Waals surface area contributed by atoms with Gasteiger partial charge in [-0.05, 0) is 40.0 Å². The number of carboxylic acids is 1. The summed E-state index contributed by atoms with van der Waals surface area (Å²) in [5.41, 5.74) is 0.235. The minimum atomic E-state index is -0.898. The fraction of sp³-hybridized carbons (Fsp3) is 0.385. The Hall–Kier alpha value is -1.43. The molecule has 0 saturated carbocycles. The Labute approximate surface area is 118 Å². The van der Waals surface area contributed by atoms with Crippen molar-refractivity contribution in [2.24, 2.45) is 11.8 Å². The van der Waals surface area contributed by atoms with Gasteiger partial charge in [0.2, 0.25) is 0 Å². The number of carbonyl (C=O) groups is 2. The Morgan fingerprint density at radius 2 is 2.11 bits per heavy atom. The third-order valence-corrected chi connectivity index (χ3v) is 4.03. The van der Waals surface area contributed by atoms with Crippen LogP contribution in [0.1, 0.15) is 17.3 Å². The number of hydrogen-bond donors (Lipinski definition) is 1. The predicted molar refractivity (Wildman–Crippen MR) is 70.3 cm³/mol. The summed E-state index contributed by atoms with van der Waals surface area (Å²) in [5, 5.41) is 9.03. The number of amides is 1. The van der Waals surface area contributed by atoms with Gasteiger partial charge in [0, 0.05) is 18.7 Å². The molecule has 2 rings (SSSR count). The van der Waals surface area contributed by atoms with Crippen molar-refractivity contribution in [3.63, 3.8) is 0 Å². The van der Waals surface area contributed by atoms with Crippen molar-refractivity contribution in [3.8, 4) is 0 Å². The van der Waals surface area contributed by atoms with Crippen LogP contribution >= 0.6 is 15.9 Å². The van der Waals surface area contributed by atoms with E-state index in [1.807, 2.05) is 0 Å². The summed E-state index contributed by atoms with van der Waals surface area (Å²) < 4.78 is 13.7. The van der Waals surface area contributed by atoms with Crippen LogP contribution in [0.5, 0.6) is 0 Å². The summed E-state index contributed by atoms with van der Waals surface area (Å²) in [4.78, 5) is 24.7. The minimum Gasteiger partial charge on any atom is -0.481 e. The fourth-order valence-corrected chi connectivity index (χ4v) is 2.51. The molecule has 0 aromatic heterocycles. The first-order chi connectivity index (χ1) is 8.90. The highest BCUT2D eigenvalue weighted by atomic mass is 79.9.